The predicted molar refractivity (Wildman–Crippen MR) is 75.7 cm³/mol. The van der Waals surface area contributed by atoms with Crippen LogP contribution in [0, 0.1) is 11.7 Å². The Morgan fingerprint density at radius 1 is 1.42 bits per heavy atom. The molecule has 1 aliphatic carbocycles. The highest BCUT2D eigenvalue weighted by molar-refractivity contribution is 6.30. The van der Waals surface area contributed by atoms with E-state index >= 15 is 0 Å². The van der Waals surface area contributed by atoms with Crippen LogP contribution in [-0.4, -0.2) is 17.3 Å². The van der Waals surface area contributed by atoms with Gasteiger partial charge in [0.15, 0.2) is 0 Å². The fraction of sp³-hybridized carbons (Fsp3) is 0.600. The van der Waals surface area contributed by atoms with Crippen LogP contribution >= 0.6 is 11.6 Å². The zero-order valence-corrected chi connectivity index (χ0v) is 12.0. The second-order valence-corrected chi connectivity index (χ2v) is 6.13. The van der Waals surface area contributed by atoms with Crippen LogP contribution in [0.25, 0.3) is 0 Å². The van der Waals surface area contributed by atoms with Gasteiger partial charge >= 0.3 is 0 Å². The van der Waals surface area contributed by atoms with Gasteiger partial charge in [-0.15, -0.1) is 0 Å². The van der Waals surface area contributed by atoms with Gasteiger partial charge in [-0.1, -0.05) is 30.7 Å². The lowest BCUT2D eigenvalue weighted by Gasteiger charge is -2.35. The molecule has 1 fully saturated rings. The standard InChI is InChI=1S/C15H21ClFNO/c1-11-5-7-15(19,8-6-11)10-18-9-12-3-2-4-13(16)14(12)17/h2-4,11,18-19H,5-10H2,1H3. The third-order valence-electron chi connectivity index (χ3n) is 4.01. The van der Waals surface area contributed by atoms with Crippen molar-refractivity contribution >= 4 is 11.6 Å². The van der Waals surface area contributed by atoms with Gasteiger partial charge < -0.3 is 10.4 Å². The van der Waals surface area contributed by atoms with Crippen LogP contribution in [0.5, 0.6) is 0 Å². The molecule has 0 aromatic heterocycles. The quantitative estimate of drug-likeness (QED) is 0.887. The summed E-state index contributed by atoms with van der Waals surface area (Å²) in [6.07, 6.45) is 3.76. The predicted octanol–water partition coefficient (Wildman–Crippen LogP) is 3.51. The Hall–Kier alpha value is -0.640. The molecule has 1 aromatic rings. The minimum absolute atomic E-state index is 0.143. The summed E-state index contributed by atoms with van der Waals surface area (Å²) < 4.78 is 13.7. The maximum absolute atomic E-state index is 13.7. The van der Waals surface area contributed by atoms with Gasteiger partial charge in [0.2, 0.25) is 0 Å². The summed E-state index contributed by atoms with van der Waals surface area (Å²) in [5.74, 6) is 0.326. The van der Waals surface area contributed by atoms with Crippen molar-refractivity contribution in [3.63, 3.8) is 0 Å². The Balaban J connectivity index is 1.85. The van der Waals surface area contributed by atoms with Crippen LogP contribution < -0.4 is 5.32 Å². The third-order valence-corrected chi connectivity index (χ3v) is 4.30. The summed E-state index contributed by atoms with van der Waals surface area (Å²) in [6, 6.07) is 4.98. The number of benzene rings is 1. The Morgan fingerprint density at radius 3 is 2.79 bits per heavy atom. The van der Waals surface area contributed by atoms with Crippen molar-refractivity contribution in [1.82, 2.24) is 5.32 Å². The van der Waals surface area contributed by atoms with E-state index in [1.807, 2.05) is 0 Å². The van der Waals surface area contributed by atoms with Gasteiger partial charge in [-0.3, -0.25) is 0 Å². The average molecular weight is 286 g/mol. The first-order valence-corrected chi connectivity index (χ1v) is 7.24. The second kappa shape index (κ2) is 6.21. The summed E-state index contributed by atoms with van der Waals surface area (Å²) in [5, 5.41) is 13.7. The third kappa shape index (κ3) is 3.91. The molecular formula is C15H21ClFNO. The fourth-order valence-corrected chi connectivity index (χ4v) is 2.79. The molecule has 19 heavy (non-hydrogen) atoms. The van der Waals surface area contributed by atoms with Gasteiger partial charge in [0.25, 0.3) is 0 Å². The van der Waals surface area contributed by atoms with E-state index in [9.17, 15) is 9.50 Å². The lowest BCUT2D eigenvalue weighted by Crippen LogP contribution is -2.43. The van der Waals surface area contributed by atoms with Crippen molar-refractivity contribution in [2.75, 3.05) is 6.54 Å². The zero-order chi connectivity index (χ0) is 13.9. The smallest absolute Gasteiger partial charge is 0.146 e. The average Bonchev–Trinajstić information content (AvgIpc) is 2.39. The Kier molecular flexibility index (Phi) is 4.82. The summed E-state index contributed by atoms with van der Waals surface area (Å²) in [4.78, 5) is 0. The van der Waals surface area contributed by atoms with Gasteiger partial charge in [-0.05, 0) is 37.7 Å². The van der Waals surface area contributed by atoms with Crippen LogP contribution in [-0.2, 0) is 6.54 Å². The number of hydrogen-bond acceptors (Lipinski definition) is 2. The number of nitrogens with one attached hydrogen (secondary N) is 1. The van der Waals surface area contributed by atoms with Gasteiger partial charge in [0.1, 0.15) is 5.82 Å². The molecule has 0 spiro atoms. The van der Waals surface area contributed by atoms with Crippen LogP contribution in [0.2, 0.25) is 5.02 Å². The van der Waals surface area contributed by atoms with E-state index < -0.39 is 5.60 Å². The van der Waals surface area contributed by atoms with Crippen molar-refractivity contribution in [2.24, 2.45) is 5.92 Å². The summed E-state index contributed by atoms with van der Waals surface area (Å²) in [5.41, 5.74) is -0.0954. The van der Waals surface area contributed by atoms with Crippen LogP contribution in [0.1, 0.15) is 38.2 Å². The largest absolute Gasteiger partial charge is 0.389 e. The SMILES string of the molecule is CC1CCC(O)(CNCc2cccc(Cl)c2F)CC1. The number of halogens is 2. The van der Waals surface area contributed by atoms with Crippen molar-refractivity contribution in [1.29, 1.82) is 0 Å². The fourth-order valence-electron chi connectivity index (χ4n) is 2.59. The first kappa shape index (κ1) is 14.8. The first-order valence-electron chi connectivity index (χ1n) is 6.86. The number of aliphatic hydroxyl groups is 1. The Bertz CT molecular complexity index is 430. The topological polar surface area (TPSA) is 32.3 Å². The van der Waals surface area contributed by atoms with E-state index in [-0.39, 0.29) is 10.8 Å². The van der Waals surface area contributed by atoms with Crippen molar-refractivity contribution in [3.05, 3.63) is 34.6 Å². The van der Waals surface area contributed by atoms with Crippen LogP contribution in [0.4, 0.5) is 4.39 Å². The molecule has 1 aromatic carbocycles. The van der Waals surface area contributed by atoms with E-state index in [0.717, 1.165) is 25.7 Å². The summed E-state index contributed by atoms with van der Waals surface area (Å²) in [6.45, 7) is 3.12. The highest BCUT2D eigenvalue weighted by atomic mass is 35.5. The zero-order valence-electron chi connectivity index (χ0n) is 11.3. The molecule has 0 amide bonds. The molecule has 0 atom stereocenters. The second-order valence-electron chi connectivity index (χ2n) is 5.72. The lowest BCUT2D eigenvalue weighted by atomic mass is 9.79. The van der Waals surface area contributed by atoms with Gasteiger partial charge in [-0.2, -0.15) is 0 Å². The van der Waals surface area contributed by atoms with E-state index in [0.29, 0.717) is 24.6 Å². The Labute approximate surface area is 119 Å². The molecule has 0 aliphatic heterocycles. The van der Waals surface area contributed by atoms with Crippen LogP contribution in [0.15, 0.2) is 18.2 Å². The molecule has 106 valence electrons. The van der Waals surface area contributed by atoms with Crippen LogP contribution in [0.3, 0.4) is 0 Å². The Morgan fingerprint density at radius 2 is 2.11 bits per heavy atom. The molecule has 2 rings (SSSR count). The maximum atomic E-state index is 13.7. The van der Waals surface area contributed by atoms with E-state index in [4.69, 9.17) is 11.6 Å². The van der Waals surface area contributed by atoms with E-state index in [2.05, 4.69) is 12.2 Å². The molecule has 2 N–H and O–H groups in total. The number of hydrogen-bond donors (Lipinski definition) is 2. The molecule has 2 nitrogen and oxygen atoms in total. The highest BCUT2D eigenvalue weighted by Gasteiger charge is 2.31. The molecule has 1 aliphatic rings. The summed E-state index contributed by atoms with van der Waals surface area (Å²) in [7, 11) is 0. The lowest BCUT2D eigenvalue weighted by molar-refractivity contribution is -0.00634. The minimum Gasteiger partial charge on any atom is -0.389 e. The van der Waals surface area contributed by atoms with Crippen molar-refractivity contribution in [2.45, 2.75) is 44.8 Å². The highest BCUT2D eigenvalue weighted by Crippen LogP contribution is 2.31. The molecule has 0 heterocycles. The molecule has 0 unspecified atom stereocenters. The molecule has 0 radical (unpaired) electrons. The van der Waals surface area contributed by atoms with Gasteiger partial charge in [0, 0.05) is 18.7 Å². The normalized spacial score (nSPS) is 27.5. The first-order chi connectivity index (χ1) is 9.00. The van der Waals surface area contributed by atoms with Gasteiger partial charge in [0.05, 0.1) is 10.6 Å². The molecule has 4 heteroatoms. The van der Waals surface area contributed by atoms with E-state index in [1.54, 1.807) is 12.1 Å². The molecule has 1 saturated carbocycles. The van der Waals surface area contributed by atoms with Crippen molar-refractivity contribution in [3.8, 4) is 0 Å². The monoisotopic (exact) mass is 285 g/mol. The molecule has 0 bridgehead atoms. The molecule has 0 saturated heterocycles. The van der Waals surface area contributed by atoms with Gasteiger partial charge in [-0.25, -0.2) is 4.39 Å². The maximum Gasteiger partial charge on any atom is 0.146 e. The van der Waals surface area contributed by atoms with Crippen molar-refractivity contribution < 1.29 is 9.50 Å². The summed E-state index contributed by atoms with van der Waals surface area (Å²) >= 11 is 5.73. The minimum atomic E-state index is -0.637. The van der Waals surface area contributed by atoms with E-state index in [1.165, 1.54) is 6.07 Å². The number of rotatable bonds is 4. The molecular weight excluding hydrogens is 265 g/mol.